The SMILES string of the molecule is N[C@H]1C[C@H]2COC[C@@H](C1)N2Cc1ccc(Cl)cc1Cl. The lowest BCUT2D eigenvalue weighted by atomic mass is 9.90. The van der Waals surface area contributed by atoms with E-state index in [0.29, 0.717) is 23.1 Å². The molecule has 2 heterocycles. The van der Waals surface area contributed by atoms with E-state index in [-0.39, 0.29) is 0 Å². The average Bonchev–Trinajstić information content (AvgIpc) is 2.33. The quantitative estimate of drug-likeness (QED) is 0.913. The molecule has 3 nitrogen and oxygen atoms in total. The molecule has 0 aromatic heterocycles. The van der Waals surface area contributed by atoms with Crippen molar-refractivity contribution < 1.29 is 4.74 Å². The smallest absolute Gasteiger partial charge is 0.0623 e. The molecule has 5 heteroatoms. The number of nitrogens with two attached hydrogens (primary N) is 1. The van der Waals surface area contributed by atoms with Crippen molar-refractivity contribution in [3.63, 3.8) is 0 Å². The number of nitrogens with zero attached hydrogens (tertiary/aromatic N) is 1. The topological polar surface area (TPSA) is 38.5 Å². The fourth-order valence-electron chi connectivity index (χ4n) is 3.14. The Morgan fingerprint density at radius 3 is 2.53 bits per heavy atom. The number of ether oxygens (including phenoxy) is 1. The van der Waals surface area contributed by atoms with Crippen molar-refractivity contribution in [1.29, 1.82) is 0 Å². The number of hydrogen-bond acceptors (Lipinski definition) is 3. The van der Waals surface area contributed by atoms with Crippen LogP contribution in [0.25, 0.3) is 0 Å². The normalized spacial score (nSPS) is 31.4. The van der Waals surface area contributed by atoms with Crippen molar-refractivity contribution in [2.24, 2.45) is 5.73 Å². The van der Waals surface area contributed by atoms with E-state index in [4.69, 9.17) is 33.7 Å². The first-order chi connectivity index (χ1) is 9.13. The monoisotopic (exact) mass is 300 g/mol. The molecule has 2 aliphatic rings. The first kappa shape index (κ1) is 13.7. The number of halogens is 2. The highest BCUT2D eigenvalue weighted by atomic mass is 35.5. The van der Waals surface area contributed by atoms with Crippen LogP contribution in [0.15, 0.2) is 18.2 Å². The molecule has 2 fully saturated rings. The fourth-order valence-corrected chi connectivity index (χ4v) is 3.60. The summed E-state index contributed by atoms with van der Waals surface area (Å²) in [6, 6.07) is 6.83. The van der Waals surface area contributed by atoms with Gasteiger partial charge in [-0.25, -0.2) is 0 Å². The Labute approximate surface area is 123 Å². The van der Waals surface area contributed by atoms with Crippen molar-refractivity contribution in [2.75, 3.05) is 13.2 Å². The molecule has 1 aromatic rings. The fraction of sp³-hybridized carbons (Fsp3) is 0.571. The van der Waals surface area contributed by atoms with E-state index in [2.05, 4.69) is 4.90 Å². The molecule has 2 bridgehead atoms. The van der Waals surface area contributed by atoms with Gasteiger partial charge in [-0.15, -0.1) is 0 Å². The van der Waals surface area contributed by atoms with Gasteiger partial charge in [-0.3, -0.25) is 4.90 Å². The predicted molar refractivity (Wildman–Crippen MR) is 77.6 cm³/mol. The molecule has 104 valence electrons. The van der Waals surface area contributed by atoms with Crippen molar-refractivity contribution in [1.82, 2.24) is 4.90 Å². The second-order valence-electron chi connectivity index (χ2n) is 5.48. The first-order valence-electron chi connectivity index (χ1n) is 6.66. The van der Waals surface area contributed by atoms with Gasteiger partial charge < -0.3 is 10.5 Å². The van der Waals surface area contributed by atoms with Crippen LogP contribution in [0.3, 0.4) is 0 Å². The summed E-state index contributed by atoms with van der Waals surface area (Å²) in [4.78, 5) is 2.49. The lowest BCUT2D eigenvalue weighted by molar-refractivity contribution is -0.0819. The van der Waals surface area contributed by atoms with Crippen molar-refractivity contribution in [3.8, 4) is 0 Å². The molecule has 2 saturated heterocycles. The van der Waals surface area contributed by atoms with E-state index in [0.717, 1.165) is 43.2 Å². The summed E-state index contributed by atoms with van der Waals surface area (Å²) in [6.07, 6.45) is 2.00. The number of rotatable bonds is 2. The lowest BCUT2D eigenvalue weighted by Crippen LogP contribution is -2.59. The third-order valence-corrected chi connectivity index (χ3v) is 4.66. The van der Waals surface area contributed by atoms with Crippen molar-refractivity contribution in [2.45, 2.75) is 37.5 Å². The Bertz CT molecular complexity index is 455. The molecule has 3 atom stereocenters. The molecule has 0 aliphatic carbocycles. The van der Waals surface area contributed by atoms with Gasteiger partial charge in [-0.05, 0) is 30.5 Å². The van der Waals surface area contributed by atoms with Gasteiger partial charge in [0.2, 0.25) is 0 Å². The number of hydrogen-bond donors (Lipinski definition) is 1. The second-order valence-corrected chi connectivity index (χ2v) is 6.33. The van der Waals surface area contributed by atoms with E-state index in [1.807, 2.05) is 12.1 Å². The zero-order chi connectivity index (χ0) is 13.4. The van der Waals surface area contributed by atoms with Gasteiger partial charge in [0.05, 0.1) is 13.2 Å². The molecular formula is C14H18Cl2N2O. The van der Waals surface area contributed by atoms with Crippen LogP contribution in [-0.4, -0.2) is 36.2 Å². The Morgan fingerprint density at radius 2 is 1.89 bits per heavy atom. The van der Waals surface area contributed by atoms with Crippen LogP contribution in [0.1, 0.15) is 18.4 Å². The molecule has 0 saturated carbocycles. The van der Waals surface area contributed by atoms with E-state index >= 15 is 0 Å². The van der Waals surface area contributed by atoms with E-state index in [1.54, 1.807) is 6.07 Å². The van der Waals surface area contributed by atoms with Crippen molar-refractivity contribution in [3.05, 3.63) is 33.8 Å². The molecule has 3 rings (SSSR count). The Morgan fingerprint density at radius 1 is 1.21 bits per heavy atom. The maximum atomic E-state index is 6.27. The van der Waals surface area contributed by atoms with Gasteiger partial charge in [0, 0.05) is 34.7 Å². The second kappa shape index (κ2) is 5.58. The van der Waals surface area contributed by atoms with Crippen LogP contribution in [0.2, 0.25) is 10.0 Å². The number of benzene rings is 1. The molecule has 2 aliphatic heterocycles. The third kappa shape index (κ3) is 2.91. The van der Waals surface area contributed by atoms with Gasteiger partial charge in [0.1, 0.15) is 0 Å². The van der Waals surface area contributed by atoms with Gasteiger partial charge in [-0.2, -0.15) is 0 Å². The van der Waals surface area contributed by atoms with Crippen LogP contribution in [0.4, 0.5) is 0 Å². The predicted octanol–water partition coefficient (Wildman–Crippen LogP) is 2.68. The van der Waals surface area contributed by atoms with Gasteiger partial charge >= 0.3 is 0 Å². The highest BCUT2D eigenvalue weighted by Gasteiger charge is 2.37. The molecule has 2 N–H and O–H groups in total. The Kier molecular flexibility index (Phi) is 4.01. The van der Waals surface area contributed by atoms with Gasteiger partial charge in [0.25, 0.3) is 0 Å². The standard InChI is InChI=1S/C14H18Cl2N2O/c15-10-2-1-9(14(16)3-10)6-18-12-4-11(17)5-13(18)8-19-7-12/h1-3,11-13H,4-8,17H2/t11-,12-,13+. The summed E-state index contributed by atoms with van der Waals surface area (Å²) in [7, 11) is 0. The third-order valence-electron chi connectivity index (χ3n) is 4.08. The lowest BCUT2D eigenvalue weighted by Gasteiger charge is -2.47. The summed E-state index contributed by atoms with van der Waals surface area (Å²) < 4.78 is 5.65. The summed E-state index contributed by atoms with van der Waals surface area (Å²) in [5.41, 5.74) is 7.23. The minimum atomic E-state index is 0.302. The van der Waals surface area contributed by atoms with E-state index in [1.165, 1.54) is 0 Å². The van der Waals surface area contributed by atoms with Crippen LogP contribution in [0.5, 0.6) is 0 Å². The summed E-state index contributed by atoms with van der Waals surface area (Å²) in [5, 5.41) is 1.42. The zero-order valence-corrected chi connectivity index (χ0v) is 12.2. The summed E-state index contributed by atoms with van der Waals surface area (Å²) in [6.45, 7) is 2.40. The van der Waals surface area contributed by atoms with Gasteiger partial charge in [-0.1, -0.05) is 29.3 Å². The molecule has 0 amide bonds. The van der Waals surface area contributed by atoms with Crippen LogP contribution in [0, 0.1) is 0 Å². The highest BCUT2D eigenvalue weighted by molar-refractivity contribution is 6.35. The largest absolute Gasteiger partial charge is 0.378 e. The molecule has 0 radical (unpaired) electrons. The summed E-state index contributed by atoms with van der Waals surface area (Å²) >= 11 is 12.2. The van der Waals surface area contributed by atoms with E-state index in [9.17, 15) is 0 Å². The van der Waals surface area contributed by atoms with Crippen LogP contribution < -0.4 is 5.73 Å². The number of piperidine rings is 1. The highest BCUT2D eigenvalue weighted by Crippen LogP contribution is 2.30. The maximum Gasteiger partial charge on any atom is 0.0623 e. The summed E-state index contributed by atoms with van der Waals surface area (Å²) in [5.74, 6) is 0. The first-order valence-corrected chi connectivity index (χ1v) is 7.42. The molecule has 19 heavy (non-hydrogen) atoms. The number of fused-ring (bicyclic) bond motifs is 2. The Balaban J connectivity index is 1.78. The molecule has 1 aromatic carbocycles. The van der Waals surface area contributed by atoms with Crippen LogP contribution >= 0.6 is 23.2 Å². The van der Waals surface area contributed by atoms with Gasteiger partial charge in [0.15, 0.2) is 0 Å². The number of morpholine rings is 1. The van der Waals surface area contributed by atoms with Crippen molar-refractivity contribution >= 4 is 23.2 Å². The molecular weight excluding hydrogens is 283 g/mol. The van der Waals surface area contributed by atoms with E-state index < -0.39 is 0 Å². The maximum absolute atomic E-state index is 6.27. The minimum absolute atomic E-state index is 0.302. The molecule has 0 spiro atoms. The minimum Gasteiger partial charge on any atom is -0.378 e. The molecule has 0 unspecified atom stereocenters. The van der Waals surface area contributed by atoms with Crippen LogP contribution in [-0.2, 0) is 11.3 Å². The zero-order valence-electron chi connectivity index (χ0n) is 10.7. The Hall–Kier alpha value is -0.320. The average molecular weight is 301 g/mol.